The van der Waals surface area contributed by atoms with Crippen molar-refractivity contribution in [3.05, 3.63) is 0 Å². The van der Waals surface area contributed by atoms with E-state index in [0.29, 0.717) is 0 Å². The SMILES string of the molecule is CC(C)C(C#N)C(=O)N1CCCN(C)CC1. The van der Waals surface area contributed by atoms with Gasteiger partial charge in [-0.05, 0) is 25.9 Å². The highest BCUT2D eigenvalue weighted by Gasteiger charge is 2.27. The van der Waals surface area contributed by atoms with Gasteiger partial charge < -0.3 is 9.80 Å². The van der Waals surface area contributed by atoms with Crippen LogP contribution in [-0.2, 0) is 4.79 Å². The summed E-state index contributed by atoms with van der Waals surface area (Å²) in [6, 6.07) is 2.13. The molecule has 1 fully saturated rings. The van der Waals surface area contributed by atoms with Crippen LogP contribution in [0.15, 0.2) is 0 Å². The Kier molecular flexibility index (Phi) is 4.75. The molecule has 1 atom stereocenters. The van der Waals surface area contributed by atoms with Crippen LogP contribution in [0.25, 0.3) is 0 Å². The van der Waals surface area contributed by atoms with Crippen LogP contribution in [0.3, 0.4) is 0 Å². The lowest BCUT2D eigenvalue weighted by Gasteiger charge is -2.24. The van der Waals surface area contributed by atoms with E-state index in [-0.39, 0.29) is 11.8 Å². The lowest BCUT2D eigenvalue weighted by Crippen LogP contribution is -2.39. The monoisotopic (exact) mass is 223 g/mol. The summed E-state index contributed by atoms with van der Waals surface area (Å²) in [6.45, 7) is 7.32. The molecule has 0 aromatic heterocycles. The number of carbonyl (C=O) groups excluding carboxylic acids is 1. The summed E-state index contributed by atoms with van der Waals surface area (Å²) in [5.41, 5.74) is 0. The van der Waals surface area contributed by atoms with Crippen molar-refractivity contribution >= 4 is 5.91 Å². The van der Waals surface area contributed by atoms with Gasteiger partial charge in [-0.15, -0.1) is 0 Å². The van der Waals surface area contributed by atoms with Gasteiger partial charge in [-0.25, -0.2) is 0 Å². The van der Waals surface area contributed by atoms with Crippen LogP contribution in [0.2, 0.25) is 0 Å². The number of likely N-dealkylation sites (N-methyl/N-ethyl adjacent to an activating group) is 1. The Hall–Kier alpha value is -1.08. The Labute approximate surface area is 97.8 Å². The van der Waals surface area contributed by atoms with Gasteiger partial charge >= 0.3 is 0 Å². The van der Waals surface area contributed by atoms with E-state index < -0.39 is 5.92 Å². The van der Waals surface area contributed by atoms with Crippen LogP contribution < -0.4 is 0 Å². The van der Waals surface area contributed by atoms with Crippen molar-refractivity contribution in [2.24, 2.45) is 11.8 Å². The predicted octanol–water partition coefficient (Wildman–Crippen LogP) is 0.946. The number of hydrogen-bond acceptors (Lipinski definition) is 3. The molecule has 1 amide bonds. The second-order valence-corrected chi connectivity index (χ2v) is 4.83. The summed E-state index contributed by atoms with van der Waals surface area (Å²) in [5, 5.41) is 9.01. The molecule has 0 aromatic rings. The Bertz CT molecular complexity index is 282. The molecule has 1 saturated heterocycles. The van der Waals surface area contributed by atoms with Crippen molar-refractivity contribution < 1.29 is 4.79 Å². The largest absolute Gasteiger partial charge is 0.340 e. The number of hydrogen-bond donors (Lipinski definition) is 0. The molecule has 0 spiro atoms. The Balaban J connectivity index is 2.62. The molecule has 0 aliphatic carbocycles. The lowest BCUT2D eigenvalue weighted by atomic mass is 9.96. The zero-order chi connectivity index (χ0) is 12.1. The first-order valence-electron chi connectivity index (χ1n) is 5.93. The summed E-state index contributed by atoms with van der Waals surface area (Å²) in [4.78, 5) is 16.2. The van der Waals surface area contributed by atoms with Gasteiger partial charge in [0.15, 0.2) is 0 Å². The van der Waals surface area contributed by atoms with Gasteiger partial charge in [0.1, 0.15) is 5.92 Å². The van der Waals surface area contributed by atoms with E-state index >= 15 is 0 Å². The minimum Gasteiger partial charge on any atom is -0.340 e. The fourth-order valence-corrected chi connectivity index (χ4v) is 1.95. The Morgan fingerprint density at radius 1 is 1.25 bits per heavy atom. The molecule has 0 saturated carbocycles. The third kappa shape index (κ3) is 3.21. The average molecular weight is 223 g/mol. The maximum atomic E-state index is 12.1. The third-order valence-corrected chi connectivity index (χ3v) is 3.10. The second kappa shape index (κ2) is 5.86. The first-order chi connectivity index (χ1) is 7.56. The molecule has 1 rings (SSSR count). The fourth-order valence-electron chi connectivity index (χ4n) is 1.95. The summed E-state index contributed by atoms with van der Waals surface area (Å²) in [7, 11) is 2.07. The summed E-state index contributed by atoms with van der Waals surface area (Å²) < 4.78 is 0. The Morgan fingerprint density at radius 2 is 1.94 bits per heavy atom. The zero-order valence-corrected chi connectivity index (χ0v) is 10.4. The molecule has 4 heteroatoms. The van der Waals surface area contributed by atoms with Crippen molar-refractivity contribution in [1.29, 1.82) is 5.26 Å². The highest BCUT2D eigenvalue weighted by atomic mass is 16.2. The second-order valence-electron chi connectivity index (χ2n) is 4.83. The van der Waals surface area contributed by atoms with Crippen molar-refractivity contribution in [3.8, 4) is 6.07 Å². The molecule has 4 nitrogen and oxygen atoms in total. The van der Waals surface area contributed by atoms with E-state index in [1.54, 1.807) is 0 Å². The summed E-state index contributed by atoms with van der Waals surface area (Å²) in [5.74, 6) is -0.380. The van der Waals surface area contributed by atoms with Crippen LogP contribution in [0.4, 0.5) is 0 Å². The maximum absolute atomic E-state index is 12.1. The maximum Gasteiger partial charge on any atom is 0.240 e. The number of rotatable bonds is 2. The van der Waals surface area contributed by atoms with E-state index in [4.69, 9.17) is 5.26 Å². The Morgan fingerprint density at radius 3 is 2.50 bits per heavy atom. The molecule has 16 heavy (non-hydrogen) atoms. The minimum atomic E-state index is -0.483. The number of nitriles is 1. The first kappa shape index (κ1) is 13.0. The van der Waals surface area contributed by atoms with E-state index in [1.165, 1.54) is 0 Å². The van der Waals surface area contributed by atoms with Crippen LogP contribution in [-0.4, -0.2) is 48.9 Å². The summed E-state index contributed by atoms with van der Waals surface area (Å²) >= 11 is 0. The van der Waals surface area contributed by atoms with Gasteiger partial charge in [0.2, 0.25) is 5.91 Å². The highest BCUT2D eigenvalue weighted by molar-refractivity contribution is 5.81. The highest BCUT2D eigenvalue weighted by Crippen LogP contribution is 2.14. The zero-order valence-electron chi connectivity index (χ0n) is 10.4. The van der Waals surface area contributed by atoms with Crippen LogP contribution in [0.1, 0.15) is 20.3 Å². The third-order valence-electron chi connectivity index (χ3n) is 3.10. The molecule has 0 N–H and O–H groups in total. The topological polar surface area (TPSA) is 47.3 Å². The lowest BCUT2D eigenvalue weighted by molar-refractivity contribution is -0.134. The van der Waals surface area contributed by atoms with E-state index in [1.807, 2.05) is 18.7 Å². The van der Waals surface area contributed by atoms with Gasteiger partial charge in [-0.3, -0.25) is 4.79 Å². The number of amides is 1. The fraction of sp³-hybridized carbons (Fsp3) is 0.833. The van der Waals surface area contributed by atoms with Crippen molar-refractivity contribution in [2.75, 3.05) is 33.2 Å². The standard InChI is InChI=1S/C12H21N3O/c1-10(2)11(9-13)12(16)15-6-4-5-14(3)7-8-15/h10-11H,4-8H2,1-3H3. The van der Waals surface area contributed by atoms with Gasteiger partial charge in [0, 0.05) is 19.6 Å². The van der Waals surface area contributed by atoms with E-state index in [9.17, 15) is 4.79 Å². The molecular weight excluding hydrogens is 202 g/mol. The molecule has 1 heterocycles. The smallest absolute Gasteiger partial charge is 0.240 e. The van der Waals surface area contributed by atoms with Crippen molar-refractivity contribution in [1.82, 2.24) is 9.80 Å². The molecule has 1 aliphatic rings. The molecule has 1 unspecified atom stereocenters. The molecule has 0 radical (unpaired) electrons. The van der Waals surface area contributed by atoms with Gasteiger partial charge in [0.05, 0.1) is 6.07 Å². The number of carbonyl (C=O) groups is 1. The predicted molar refractivity (Wildman–Crippen MR) is 62.6 cm³/mol. The molecule has 1 aliphatic heterocycles. The first-order valence-corrected chi connectivity index (χ1v) is 5.93. The van der Waals surface area contributed by atoms with Gasteiger partial charge in [0.25, 0.3) is 0 Å². The van der Waals surface area contributed by atoms with Gasteiger partial charge in [-0.1, -0.05) is 13.8 Å². The van der Waals surface area contributed by atoms with Crippen LogP contribution in [0, 0.1) is 23.2 Å². The van der Waals surface area contributed by atoms with Crippen LogP contribution in [0.5, 0.6) is 0 Å². The normalized spacial score (nSPS) is 20.3. The van der Waals surface area contributed by atoms with Crippen LogP contribution >= 0.6 is 0 Å². The van der Waals surface area contributed by atoms with Crippen molar-refractivity contribution in [3.63, 3.8) is 0 Å². The molecular formula is C12H21N3O. The van der Waals surface area contributed by atoms with Gasteiger partial charge in [-0.2, -0.15) is 5.26 Å². The van der Waals surface area contributed by atoms with Crippen molar-refractivity contribution in [2.45, 2.75) is 20.3 Å². The van der Waals surface area contributed by atoms with E-state index in [0.717, 1.165) is 32.6 Å². The average Bonchev–Trinajstić information content (AvgIpc) is 2.43. The van der Waals surface area contributed by atoms with E-state index in [2.05, 4.69) is 18.0 Å². The summed E-state index contributed by atoms with van der Waals surface area (Å²) in [6.07, 6.45) is 0.998. The molecule has 90 valence electrons. The molecule has 0 aromatic carbocycles. The quantitative estimate of drug-likeness (QED) is 0.700. The minimum absolute atomic E-state index is 0.00722. The number of nitrogens with zero attached hydrogens (tertiary/aromatic N) is 3. The molecule has 0 bridgehead atoms.